The molecule has 102 valence electrons. The van der Waals surface area contributed by atoms with Crippen LogP contribution >= 0.6 is 0 Å². The summed E-state index contributed by atoms with van der Waals surface area (Å²) in [7, 11) is 0. The Hall–Kier alpha value is -2.43. The lowest BCUT2D eigenvalue weighted by Gasteiger charge is -2.27. The Morgan fingerprint density at radius 1 is 0.950 bits per heavy atom. The number of hydrogen-bond acceptors (Lipinski definition) is 2. The number of rotatable bonds is 4. The molecule has 0 saturated carbocycles. The molecule has 2 aromatic carbocycles. The molecular weight excluding hydrogens is 264 g/mol. The Balaban J connectivity index is 2.51. The predicted octanol–water partition coefficient (Wildman–Crippen LogP) is 3.51. The van der Waals surface area contributed by atoms with Crippen LogP contribution in [-0.4, -0.2) is 11.7 Å². The van der Waals surface area contributed by atoms with Gasteiger partial charge in [-0.3, -0.25) is 0 Å². The van der Waals surface area contributed by atoms with E-state index in [0.29, 0.717) is 11.1 Å². The Bertz CT molecular complexity index is 589. The number of azide groups is 1. The molecule has 0 aromatic heterocycles. The van der Waals surface area contributed by atoms with Crippen molar-refractivity contribution in [2.24, 2.45) is 5.11 Å². The first-order valence-electron chi connectivity index (χ1n) is 5.81. The van der Waals surface area contributed by atoms with Crippen LogP contribution < -0.4 is 0 Å². The number of hydrogen-bond donors (Lipinski definition) is 1. The maximum absolute atomic E-state index is 13.0. The van der Waals surface area contributed by atoms with E-state index in [1.165, 1.54) is 48.5 Å². The van der Waals surface area contributed by atoms with Crippen molar-refractivity contribution in [1.82, 2.24) is 0 Å². The maximum atomic E-state index is 13.0. The molecule has 0 unspecified atom stereocenters. The molecule has 6 heteroatoms. The smallest absolute Gasteiger partial charge is 0.123 e. The zero-order valence-corrected chi connectivity index (χ0v) is 10.4. The number of benzene rings is 2. The van der Waals surface area contributed by atoms with Gasteiger partial charge < -0.3 is 5.11 Å². The SMILES string of the molecule is [N-]=[N+]=NCC(O)(c1ccc(F)cc1)c1ccc(F)cc1. The van der Waals surface area contributed by atoms with Crippen molar-refractivity contribution < 1.29 is 13.9 Å². The lowest BCUT2D eigenvalue weighted by Crippen LogP contribution is -2.30. The van der Waals surface area contributed by atoms with Crippen LogP contribution in [0.4, 0.5) is 8.78 Å². The van der Waals surface area contributed by atoms with E-state index in [-0.39, 0.29) is 6.54 Å². The first-order chi connectivity index (χ1) is 9.56. The molecule has 0 aliphatic heterocycles. The second-order valence-electron chi connectivity index (χ2n) is 4.26. The van der Waals surface area contributed by atoms with Gasteiger partial charge in [0.1, 0.15) is 17.2 Å². The van der Waals surface area contributed by atoms with Gasteiger partial charge in [-0.25, -0.2) is 8.78 Å². The van der Waals surface area contributed by atoms with Crippen LogP contribution in [0.2, 0.25) is 0 Å². The topological polar surface area (TPSA) is 69.0 Å². The van der Waals surface area contributed by atoms with Crippen molar-refractivity contribution in [1.29, 1.82) is 0 Å². The summed E-state index contributed by atoms with van der Waals surface area (Å²) in [4.78, 5) is 2.62. The minimum atomic E-state index is -1.63. The third kappa shape index (κ3) is 2.77. The third-order valence-electron chi connectivity index (χ3n) is 3.01. The molecule has 1 N–H and O–H groups in total. The molecule has 0 radical (unpaired) electrons. The van der Waals surface area contributed by atoms with E-state index in [9.17, 15) is 13.9 Å². The molecule has 0 heterocycles. The average molecular weight is 275 g/mol. The van der Waals surface area contributed by atoms with Gasteiger partial charge in [-0.05, 0) is 40.9 Å². The predicted molar refractivity (Wildman–Crippen MR) is 69.8 cm³/mol. The number of aliphatic hydroxyl groups is 1. The fourth-order valence-corrected chi connectivity index (χ4v) is 1.93. The highest BCUT2D eigenvalue weighted by atomic mass is 19.1. The van der Waals surface area contributed by atoms with E-state index in [1.54, 1.807) is 0 Å². The van der Waals surface area contributed by atoms with Gasteiger partial charge in [0.25, 0.3) is 0 Å². The van der Waals surface area contributed by atoms with Gasteiger partial charge >= 0.3 is 0 Å². The van der Waals surface area contributed by atoms with Crippen LogP contribution in [0.25, 0.3) is 10.4 Å². The fraction of sp³-hybridized carbons (Fsp3) is 0.143. The van der Waals surface area contributed by atoms with Crippen LogP contribution in [0.3, 0.4) is 0 Å². The van der Waals surface area contributed by atoms with Crippen LogP contribution in [0.15, 0.2) is 53.6 Å². The maximum Gasteiger partial charge on any atom is 0.123 e. The van der Waals surface area contributed by atoms with E-state index in [4.69, 9.17) is 5.53 Å². The van der Waals surface area contributed by atoms with E-state index < -0.39 is 17.2 Å². The molecule has 20 heavy (non-hydrogen) atoms. The fourth-order valence-electron chi connectivity index (χ4n) is 1.93. The van der Waals surface area contributed by atoms with Gasteiger partial charge in [-0.15, -0.1) is 0 Å². The molecular formula is C14H11F2N3O. The van der Waals surface area contributed by atoms with Crippen molar-refractivity contribution >= 4 is 0 Å². The Morgan fingerprint density at radius 3 is 1.70 bits per heavy atom. The second-order valence-corrected chi connectivity index (χ2v) is 4.26. The minimum absolute atomic E-state index is 0.277. The van der Waals surface area contributed by atoms with Crippen molar-refractivity contribution in [3.05, 3.63) is 81.7 Å². The molecule has 0 amide bonds. The van der Waals surface area contributed by atoms with E-state index in [1.807, 2.05) is 0 Å². The summed E-state index contributed by atoms with van der Waals surface area (Å²) in [5.41, 5.74) is 7.53. The Morgan fingerprint density at radius 2 is 1.35 bits per heavy atom. The van der Waals surface area contributed by atoms with Crippen molar-refractivity contribution in [3.63, 3.8) is 0 Å². The summed E-state index contributed by atoms with van der Waals surface area (Å²) in [6, 6.07) is 10.4. The Labute approximate surface area is 113 Å². The average Bonchev–Trinajstić information content (AvgIpc) is 2.46. The highest BCUT2D eigenvalue weighted by Gasteiger charge is 2.30. The van der Waals surface area contributed by atoms with E-state index in [2.05, 4.69) is 10.0 Å². The van der Waals surface area contributed by atoms with E-state index in [0.717, 1.165) is 0 Å². The quantitative estimate of drug-likeness (QED) is 0.517. The second kappa shape index (κ2) is 5.69. The zero-order chi connectivity index (χ0) is 14.6. The lowest BCUT2D eigenvalue weighted by molar-refractivity contribution is 0.0902. The van der Waals surface area contributed by atoms with Gasteiger partial charge in [-0.2, -0.15) is 0 Å². The van der Waals surface area contributed by atoms with Crippen molar-refractivity contribution in [2.45, 2.75) is 5.60 Å². The number of nitrogens with zero attached hydrogens (tertiary/aromatic N) is 3. The zero-order valence-electron chi connectivity index (χ0n) is 10.4. The van der Waals surface area contributed by atoms with Crippen LogP contribution in [0, 0.1) is 11.6 Å². The van der Waals surface area contributed by atoms with Crippen LogP contribution in [0.5, 0.6) is 0 Å². The standard InChI is InChI=1S/C14H11F2N3O/c15-12-5-1-10(2-6-12)14(20,9-18-19-17)11-3-7-13(16)8-4-11/h1-8,20H,9H2. The highest BCUT2D eigenvalue weighted by molar-refractivity contribution is 5.36. The summed E-state index contributed by atoms with van der Waals surface area (Å²) in [6.07, 6.45) is 0. The molecule has 0 aliphatic rings. The van der Waals surface area contributed by atoms with Gasteiger partial charge in [-0.1, -0.05) is 29.4 Å². The van der Waals surface area contributed by atoms with Gasteiger partial charge in [0.05, 0.1) is 6.54 Å². The summed E-state index contributed by atoms with van der Waals surface area (Å²) in [5, 5.41) is 14.1. The largest absolute Gasteiger partial charge is 0.380 e. The lowest BCUT2D eigenvalue weighted by atomic mass is 9.86. The van der Waals surface area contributed by atoms with Crippen LogP contribution in [-0.2, 0) is 5.60 Å². The molecule has 0 fully saturated rings. The van der Waals surface area contributed by atoms with Gasteiger partial charge in [0.2, 0.25) is 0 Å². The monoisotopic (exact) mass is 275 g/mol. The van der Waals surface area contributed by atoms with Gasteiger partial charge in [0, 0.05) is 4.91 Å². The van der Waals surface area contributed by atoms with Crippen LogP contribution in [0.1, 0.15) is 11.1 Å². The molecule has 2 aromatic rings. The first-order valence-corrected chi connectivity index (χ1v) is 5.81. The highest BCUT2D eigenvalue weighted by Crippen LogP contribution is 2.30. The minimum Gasteiger partial charge on any atom is -0.380 e. The summed E-state index contributed by atoms with van der Waals surface area (Å²) in [6.45, 7) is -0.277. The molecule has 0 atom stereocenters. The summed E-state index contributed by atoms with van der Waals surface area (Å²) in [5.74, 6) is -0.891. The summed E-state index contributed by atoms with van der Waals surface area (Å²) < 4.78 is 25.9. The van der Waals surface area contributed by atoms with Crippen molar-refractivity contribution in [2.75, 3.05) is 6.54 Å². The molecule has 0 spiro atoms. The van der Waals surface area contributed by atoms with E-state index >= 15 is 0 Å². The van der Waals surface area contributed by atoms with Gasteiger partial charge in [0.15, 0.2) is 0 Å². The normalized spacial score (nSPS) is 10.9. The third-order valence-corrected chi connectivity index (χ3v) is 3.01. The molecule has 0 saturated heterocycles. The molecule has 4 nitrogen and oxygen atoms in total. The Kier molecular flexibility index (Phi) is 3.98. The summed E-state index contributed by atoms with van der Waals surface area (Å²) >= 11 is 0. The van der Waals surface area contributed by atoms with Crippen molar-refractivity contribution in [3.8, 4) is 0 Å². The molecule has 2 rings (SSSR count). The first kappa shape index (κ1) is 14.0. The molecule has 0 bridgehead atoms. The molecule has 0 aliphatic carbocycles. The number of halogens is 2.